The summed E-state index contributed by atoms with van der Waals surface area (Å²) in [5, 5.41) is 40.2. The highest BCUT2D eigenvalue weighted by Gasteiger charge is 2.15. The van der Waals surface area contributed by atoms with Crippen molar-refractivity contribution in [3.05, 3.63) is 88.5 Å². The van der Waals surface area contributed by atoms with Gasteiger partial charge in [-0.3, -0.25) is 13.8 Å². The standard InChI is InChI=1S/C18H29NO6.C13H19NO4.C12H18O5S/c1-23-8-9-25-7-6-19(5-3-4-18(22)24-2)17-11-15(13-20)10-16(12-17)14-21;1-18-13(17)3-2-4-14-12-6-10(8-15)5-11(7-12)9-16;1-11-3-5-12(6-4-11)18(13,14)17-10-9-16-8-7-15-2/h10-12,20-21H,3-9,13-14H2,1-2H3;5-7,14-16H,2-4,8-9H2,1H3;3-6H,7-10H2,1-2H3. The van der Waals surface area contributed by atoms with Crippen LogP contribution in [0.2, 0.25) is 0 Å². The Kier molecular flexibility index (Phi) is 30.0. The summed E-state index contributed by atoms with van der Waals surface area (Å²) in [6.07, 6.45) is 2.02. The molecule has 0 atom stereocenters. The van der Waals surface area contributed by atoms with Crippen LogP contribution in [0.15, 0.2) is 65.6 Å². The van der Waals surface area contributed by atoms with Crippen LogP contribution in [0.25, 0.3) is 0 Å². The number of carbonyl (C=O) groups excluding carboxylic acids is 2. The number of nitrogens with zero attached hydrogens (tertiary/aromatic N) is 1. The van der Waals surface area contributed by atoms with E-state index in [0.717, 1.165) is 39.2 Å². The molecule has 0 heterocycles. The Hall–Kier alpha value is -4.21. The molecule has 0 aromatic heterocycles. The minimum atomic E-state index is -3.68. The Morgan fingerprint density at radius 2 is 1.08 bits per heavy atom. The molecule has 0 spiro atoms. The summed E-state index contributed by atoms with van der Waals surface area (Å²) in [6, 6.07) is 17.4. The average molecular weight is 883 g/mol. The molecule has 3 aromatic rings. The number of carbonyl (C=O) groups is 2. The predicted molar refractivity (Wildman–Crippen MR) is 229 cm³/mol. The summed E-state index contributed by atoms with van der Waals surface area (Å²) in [5.74, 6) is -0.464. The topological polar surface area (TPSA) is 229 Å². The van der Waals surface area contributed by atoms with Crippen molar-refractivity contribution in [1.82, 2.24) is 0 Å². The molecule has 0 amide bonds. The molecule has 0 aliphatic carbocycles. The van der Waals surface area contributed by atoms with E-state index in [1.54, 1.807) is 38.5 Å². The summed E-state index contributed by atoms with van der Waals surface area (Å²) in [7, 11) is 2.26. The second-order valence-electron chi connectivity index (χ2n) is 13.3. The van der Waals surface area contributed by atoms with E-state index >= 15 is 0 Å². The number of benzene rings is 3. The number of ether oxygens (including phenoxy) is 6. The fraction of sp³-hybridized carbons (Fsp3) is 0.535. The van der Waals surface area contributed by atoms with Crippen LogP contribution in [0.3, 0.4) is 0 Å². The fourth-order valence-electron chi connectivity index (χ4n) is 5.25. The van der Waals surface area contributed by atoms with E-state index in [2.05, 4.69) is 19.7 Å². The molecule has 0 aliphatic rings. The summed E-state index contributed by atoms with van der Waals surface area (Å²) < 4.78 is 57.9. The Morgan fingerprint density at radius 3 is 1.57 bits per heavy atom. The minimum Gasteiger partial charge on any atom is -0.469 e. The summed E-state index contributed by atoms with van der Waals surface area (Å²) in [6.45, 7) is 6.16. The maximum Gasteiger partial charge on any atom is 0.305 e. The number of esters is 2. The van der Waals surface area contributed by atoms with Gasteiger partial charge >= 0.3 is 11.9 Å². The molecule has 344 valence electrons. The van der Waals surface area contributed by atoms with Crippen molar-refractivity contribution in [2.24, 2.45) is 0 Å². The van der Waals surface area contributed by atoms with Gasteiger partial charge in [0.1, 0.15) is 0 Å². The van der Waals surface area contributed by atoms with Gasteiger partial charge < -0.3 is 59.1 Å². The van der Waals surface area contributed by atoms with E-state index in [9.17, 15) is 28.2 Å². The molecule has 61 heavy (non-hydrogen) atoms. The zero-order valence-electron chi connectivity index (χ0n) is 36.1. The Bertz CT molecular complexity index is 1700. The average Bonchev–Trinajstić information content (AvgIpc) is 3.28. The maximum absolute atomic E-state index is 11.7. The van der Waals surface area contributed by atoms with Gasteiger partial charge in [0.2, 0.25) is 0 Å². The van der Waals surface area contributed by atoms with Crippen LogP contribution >= 0.6 is 0 Å². The van der Waals surface area contributed by atoms with Gasteiger partial charge in [-0.15, -0.1) is 0 Å². The highest BCUT2D eigenvalue weighted by atomic mass is 32.2. The molecule has 3 rings (SSSR count). The second-order valence-corrected chi connectivity index (χ2v) is 14.9. The minimum absolute atomic E-state index is 0.0000753. The largest absolute Gasteiger partial charge is 0.469 e. The predicted octanol–water partition coefficient (Wildman–Crippen LogP) is 3.49. The number of aliphatic hydroxyl groups is 4. The Morgan fingerprint density at radius 1 is 0.607 bits per heavy atom. The van der Waals surface area contributed by atoms with E-state index in [1.807, 2.05) is 31.2 Å². The highest BCUT2D eigenvalue weighted by molar-refractivity contribution is 7.86. The smallest absolute Gasteiger partial charge is 0.305 e. The van der Waals surface area contributed by atoms with Crippen LogP contribution in [0, 0.1) is 6.92 Å². The van der Waals surface area contributed by atoms with Crippen LogP contribution < -0.4 is 10.2 Å². The Labute approximate surface area is 360 Å². The quantitative estimate of drug-likeness (QED) is 0.0399. The van der Waals surface area contributed by atoms with Crippen molar-refractivity contribution in [3.63, 3.8) is 0 Å². The highest BCUT2D eigenvalue weighted by Crippen LogP contribution is 2.21. The van der Waals surface area contributed by atoms with Gasteiger partial charge in [0.25, 0.3) is 10.1 Å². The summed E-state index contributed by atoms with van der Waals surface area (Å²) in [5.41, 5.74) is 5.68. The molecule has 0 radical (unpaired) electrons. The van der Waals surface area contributed by atoms with E-state index in [-0.39, 0.29) is 56.5 Å². The number of anilines is 2. The summed E-state index contributed by atoms with van der Waals surface area (Å²) in [4.78, 5) is 24.5. The molecule has 3 aromatic carbocycles. The van der Waals surface area contributed by atoms with Crippen LogP contribution in [0.5, 0.6) is 0 Å². The summed E-state index contributed by atoms with van der Waals surface area (Å²) >= 11 is 0. The Balaban J connectivity index is 0.000000467. The molecule has 0 aliphatic heterocycles. The number of aliphatic hydroxyl groups excluding tert-OH is 4. The van der Waals surface area contributed by atoms with Gasteiger partial charge in [-0.2, -0.15) is 8.42 Å². The molecule has 0 unspecified atom stereocenters. The third-order valence-corrected chi connectivity index (χ3v) is 9.81. The molecule has 0 saturated carbocycles. The number of methoxy groups -OCH3 is 4. The van der Waals surface area contributed by atoms with E-state index in [1.165, 1.54) is 26.4 Å². The lowest BCUT2D eigenvalue weighted by Crippen LogP contribution is -2.29. The lowest BCUT2D eigenvalue weighted by molar-refractivity contribution is -0.141. The van der Waals surface area contributed by atoms with Gasteiger partial charge in [0.05, 0.1) is 91.8 Å². The number of hydrogen-bond acceptors (Lipinski definition) is 17. The molecule has 0 bridgehead atoms. The van der Waals surface area contributed by atoms with Crippen molar-refractivity contribution >= 4 is 33.4 Å². The van der Waals surface area contributed by atoms with E-state index < -0.39 is 10.1 Å². The fourth-order valence-corrected chi connectivity index (χ4v) is 6.14. The van der Waals surface area contributed by atoms with Crippen molar-refractivity contribution in [1.29, 1.82) is 0 Å². The first-order chi connectivity index (χ1) is 29.4. The molecule has 17 nitrogen and oxygen atoms in total. The van der Waals surface area contributed by atoms with Gasteiger partial charge in [0.15, 0.2) is 0 Å². The van der Waals surface area contributed by atoms with Gasteiger partial charge in [-0.05, 0) is 78.4 Å². The number of rotatable bonds is 28. The first kappa shape index (κ1) is 54.8. The molecular weight excluding hydrogens is 817 g/mol. The third-order valence-electron chi connectivity index (χ3n) is 8.48. The second kappa shape index (κ2) is 33.4. The zero-order valence-corrected chi connectivity index (χ0v) is 37.0. The molecule has 5 N–H and O–H groups in total. The lowest BCUT2D eigenvalue weighted by atomic mass is 10.1. The number of nitrogens with one attached hydrogen (secondary N) is 1. The van der Waals surface area contributed by atoms with Crippen LogP contribution in [0.4, 0.5) is 11.4 Å². The van der Waals surface area contributed by atoms with Gasteiger partial charge in [0, 0.05) is 58.1 Å². The zero-order chi connectivity index (χ0) is 45.3. The van der Waals surface area contributed by atoms with Crippen molar-refractivity contribution in [3.8, 4) is 0 Å². The van der Waals surface area contributed by atoms with Crippen molar-refractivity contribution in [2.45, 2.75) is 63.9 Å². The number of aryl methyl sites for hydroxylation is 1. The molecular formula is C43H66N2O15S. The number of hydrogen-bond donors (Lipinski definition) is 5. The molecule has 18 heteroatoms. The third kappa shape index (κ3) is 24.7. The monoisotopic (exact) mass is 882 g/mol. The van der Waals surface area contributed by atoms with Crippen molar-refractivity contribution < 1.29 is 71.0 Å². The van der Waals surface area contributed by atoms with E-state index in [4.69, 9.17) is 33.3 Å². The van der Waals surface area contributed by atoms with Crippen LogP contribution in [-0.4, -0.2) is 135 Å². The normalized spacial score (nSPS) is 10.8. The first-order valence-electron chi connectivity index (χ1n) is 19.8. The molecule has 0 fully saturated rings. The van der Waals surface area contributed by atoms with E-state index in [0.29, 0.717) is 78.4 Å². The van der Waals surface area contributed by atoms with Crippen LogP contribution in [-0.2, 0) is 78.7 Å². The van der Waals surface area contributed by atoms with Crippen molar-refractivity contribution in [2.75, 3.05) is 105 Å². The molecule has 0 saturated heterocycles. The lowest BCUT2D eigenvalue weighted by Gasteiger charge is -2.26. The van der Waals surface area contributed by atoms with Crippen LogP contribution in [0.1, 0.15) is 53.5 Å². The SMILES string of the molecule is COC(=O)CCCNc1cc(CO)cc(CO)c1.COCCOCCN(CCCC(=O)OC)c1cc(CO)cc(CO)c1.COCCOCCOS(=O)(=O)c1ccc(C)cc1. The van der Waals surface area contributed by atoms with Gasteiger partial charge in [-0.1, -0.05) is 29.8 Å². The first-order valence-corrected chi connectivity index (χ1v) is 21.2. The van der Waals surface area contributed by atoms with Gasteiger partial charge in [-0.25, -0.2) is 0 Å². The maximum atomic E-state index is 11.7.